The largest absolute Gasteiger partial charge is 0.479 e. The molecule has 0 heterocycles. The van der Waals surface area contributed by atoms with Crippen LogP contribution in [-0.4, -0.2) is 11.1 Å². The molecule has 192 valence electrons. The van der Waals surface area contributed by atoms with E-state index in [1.807, 2.05) is 0 Å². The van der Waals surface area contributed by atoms with Gasteiger partial charge in [0.2, 0.25) is 0 Å². The minimum atomic E-state index is -4.90. The van der Waals surface area contributed by atoms with Crippen LogP contribution in [0.5, 0.6) is 11.5 Å². The Morgan fingerprint density at radius 2 is 1.25 bits per heavy atom. The number of nitrogens with one attached hydrogen (secondary N) is 1. The molecule has 2 N–H and O–H groups in total. The highest BCUT2D eigenvalue weighted by Crippen LogP contribution is 2.40. The van der Waals surface area contributed by atoms with Gasteiger partial charge in [-0.3, -0.25) is 0 Å². The standard InChI is InChI=1S/C23H14F9NO3/c24-21(25,26)13-4-1-3-12(9-13)19(20(34)35)33-17-11-15(23(30,31)32)7-8-18(17)36-16-6-2-5-14(10-16)22(27,28)29/h1-11,19,33H,(H,34,35). The van der Waals surface area contributed by atoms with Gasteiger partial charge in [0.15, 0.2) is 11.8 Å². The number of ether oxygens (including phenoxy) is 1. The number of carboxylic acid groups (broad SMARTS) is 1. The molecule has 0 amide bonds. The van der Waals surface area contributed by atoms with Crippen molar-refractivity contribution in [1.82, 2.24) is 0 Å². The number of aliphatic carboxylic acids is 1. The van der Waals surface area contributed by atoms with Crippen LogP contribution in [0.25, 0.3) is 0 Å². The Hall–Kier alpha value is -3.90. The van der Waals surface area contributed by atoms with Crippen LogP contribution in [0.4, 0.5) is 45.2 Å². The summed E-state index contributed by atoms with van der Waals surface area (Å²) in [4.78, 5) is 11.8. The Bertz CT molecular complexity index is 1250. The first-order chi connectivity index (χ1) is 16.6. The first kappa shape index (κ1) is 26.7. The fourth-order valence-electron chi connectivity index (χ4n) is 3.11. The number of anilines is 1. The van der Waals surface area contributed by atoms with Gasteiger partial charge in [-0.1, -0.05) is 18.2 Å². The van der Waals surface area contributed by atoms with E-state index in [-0.39, 0.29) is 0 Å². The number of alkyl halides is 9. The molecule has 1 atom stereocenters. The van der Waals surface area contributed by atoms with E-state index in [2.05, 4.69) is 5.32 Å². The van der Waals surface area contributed by atoms with Crippen LogP contribution in [0.1, 0.15) is 28.3 Å². The lowest BCUT2D eigenvalue weighted by molar-refractivity contribution is -0.139. The maximum absolute atomic E-state index is 13.3. The second-order valence-corrected chi connectivity index (χ2v) is 7.38. The molecule has 0 aromatic heterocycles. The fraction of sp³-hybridized carbons (Fsp3) is 0.174. The van der Waals surface area contributed by atoms with Gasteiger partial charge in [-0.05, 0) is 54.1 Å². The third-order valence-corrected chi connectivity index (χ3v) is 4.79. The number of carboxylic acids is 1. The normalized spacial score (nSPS) is 13.2. The highest BCUT2D eigenvalue weighted by Gasteiger charge is 2.34. The Morgan fingerprint density at radius 3 is 1.81 bits per heavy atom. The highest BCUT2D eigenvalue weighted by molar-refractivity contribution is 5.80. The predicted molar refractivity (Wildman–Crippen MR) is 108 cm³/mol. The number of benzene rings is 3. The second kappa shape index (κ2) is 9.63. The summed E-state index contributed by atoms with van der Waals surface area (Å²) in [5, 5.41) is 11.8. The van der Waals surface area contributed by atoms with Crippen molar-refractivity contribution in [2.75, 3.05) is 5.32 Å². The van der Waals surface area contributed by atoms with Crippen LogP contribution in [0.3, 0.4) is 0 Å². The van der Waals surface area contributed by atoms with Crippen LogP contribution in [0, 0.1) is 0 Å². The molecule has 4 nitrogen and oxygen atoms in total. The molecule has 0 aliphatic rings. The Labute approximate surface area is 196 Å². The van der Waals surface area contributed by atoms with Gasteiger partial charge in [-0.25, -0.2) is 4.79 Å². The molecule has 13 heteroatoms. The summed E-state index contributed by atoms with van der Waals surface area (Å²) < 4.78 is 123. The van der Waals surface area contributed by atoms with Crippen molar-refractivity contribution < 1.29 is 54.2 Å². The summed E-state index contributed by atoms with van der Waals surface area (Å²) in [7, 11) is 0. The lowest BCUT2D eigenvalue weighted by atomic mass is 10.0. The zero-order chi connectivity index (χ0) is 26.9. The number of rotatable bonds is 6. The second-order valence-electron chi connectivity index (χ2n) is 7.38. The monoisotopic (exact) mass is 523 g/mol. The smallest absolute Gasteiger partial charge is 0.416 e. The van der Waals surface area contributed by atoms with Gasteiger partial charge >= 0.3 is 24.5 Å². The maximum atomic E-state index is 13.3. The average molecular weight is 523 g/mol. The summed E-state index contributed by atoms with van der Waals surface area (Å²) in [5.41, 5.74) is -4.66. The first-order valence-electron chi connectivity index (χ1n) is 9.78. The van der Waals surface area contributed by atoms with Crippen LogP contribution in [0.15, 0.2) is 66.7 Å². The van der Waals surface area contributed by atoms with E-state index >= 15 is 0 Å². The van der Waals surface area contributed by atoms with Crippen molar-refractivity contribution >= 4 is 11.7 Å². The van der Waals surface area contributed by atoms with Crippen molar-refractivity contribution in [2.45, 2.75) is 24.6 Å². The molecule has 0 aliphatic heterocycles. The minimum absolute atomic E-state index is 0.432. The van der Waals surface area contributed by atoms with Gasteiger partial charge in [0.25, 0.3) is 0 Å². The predicted octanol–water partition coefficient (Wildman–Crippen LogP) is 7.77. The van der Waals surface area contributed by atoms with Gasteiger partial charge in [0.05, 0.1) is 22.4 Å². The summed E-state index contributed by atoms with van der Waals surface area (Å²) in [6.45, 7) is 0. The molecule has 0 bridgehead atoms. The van der Waals surface area contributed by atoms with E-state index in [1.165, 1.54) is 0 Å². The Balaban J connectivity index is 2.06. The maximum Gasteiger partial charge on any atom is 0.416 e. The average Bonchev–Trinajstić information content (AvgIpc) is 2.76. The highest BCUT2D eigenvalue weighted by atomic mass is 19.4. The molecule has 3 rings (SSSR count). The van der Waals surface area contributed by atoms with Crippen molar-refractivity contribution in [3.05, 3.63) is 89.0 Å². The molecular formula is C23H14F9NO3. The van der Waals surface area contributed by atoms with Crippen molar-refractivity contribution in [1.29, 1.82) is 0 Å². The third-order valence-electron chi connectivity index (χ3n) is 4.79. The Kier molecular flexibility index (Phi) is 7.14. The van der Waals surface area contributed by atoms with Gasteiger partial charge in [0, 0.05) is 0 Å². The molecule has 0 spiro atoms. The van der Waals surface area contributed by atoms with E-state index in [9.17, 15) is 49.4 Å². The molecule has 0 saturated carbocycles. The third kappa shape index (κ3) is 6.40. The van der Waals surface area contributed by atoms with Crippen molar-refractivity contribution in [2.24, 2.45) is 0 Å². The summed E-state index contributed by atoms with van der Waals surface area (Å²) in [6.07, 6.45) is -14.5. The zero-order valence-corrected chi connectivity index (χ0v) is 17.6. The summed E-state index contributed by atoms with van der Waals surface area (Å²) in [6, 6.07) is 6.24. The molecule has 0 aliphatic carbocycles. The molecule has 36 heavy (non-hydrogen) atoms. The van der Waals surface area contributed by atoms with Crippen LogP contribution in [-0.2, 0) is 23.3 Å². The zero-order valence-electron chi connectivity index (χ0n) is 17.6. The van der Waals surface area contributed by atoms with Crippen LogP contribution < -0.4 is 10.1 Å². The lowest BCUT2D eigenvalue weighted by Gasteiger charge is -2.21. The fourth-order valence-corrected chi connectivity index (χ4v) is 3.11. The molecule has 0 saturated heterocycles. The quantitative estimate of drug-likeness (QED) is 0.324. The van der Waals surface area contributed by atoms with Gasteiger partial charge in [-0.2, -0.15) is 39.5 Å². The number of halogens is 9. The van der Waals surface area contributed by atoms with E-state index in [1.54, 1.807) is 0 Å². The minimum Gasteiger partial charge on any atom is -0.479 e. The van der Waals surface area contributed by atoms with Crippen LogP contribution >= 0.6 is 0 Å². The van der Waals surface area contributed by atoms with Gasteiger partial charge < -0.3 is 15.2 Å². The van der Waals surface area contributed by atoms with E-state index < -0.39 is 70.0 Å². The SMILES string of the molecule is O=C(O)C(Nc1cc(C(F)(F)F)ccc1Oc1cccc(C(F)(F)F)c1)c1cccc(C(F)(F)F)c1. The lowest BCUT2D eigenvalue weighted by Crippen LogP contribution is -2.22. The van der Waals surface area contributed by atoms with Gasteiger partial charge in [-0.15, -0.1) is 0 Å². The molecule has 3 aromatic rings. The molecular weight excluding hydrogens is 509 g/mol. The van der Waals surface area contributed by atoms with Crippen LogP contribution in [0.2, 0.25) is 0 Å². The first-order valence-corrected chi connectivity index (χ1v) is 9.78. The van der Waals surface area contributed by atoms with E-state index in [0.29, 0.717) is 30.3 Å². The molecule has 0 fully saturated rings. The topological polar surface area (TPSA) is 58.6 Å². The van der Waals surface area contributed by atoms with Crippen molar-refractivity contribution in [3.63, 3.8) is 0 Å². The van der Waals surface area contributed by atoms with Gasteiger partial charge in [0.1, 0.15) is 5.75 Å². The molecule has 3 aromatic carbocycles. The molecule has 0 radical (unpaired) electrons. The number of carbonyl (C=O) groups is 1. The number of hydrogen-bond acceptors (Lipinski definition) is 3. The van der Waals surface area contributed by atoms with Crippen molar-refractivity contribution in [3.8, 4) is 11.5 Å². The number of hydrogen-bond donors (Lipinski definition) is 2. The Morgan fingerprint density at radius 1 is 0.722 bits per heavy atom. The summed E-state index contributed by atoms with van der Waals surface area (Å²) >= 11 is 0. The molecule has 1 unspecified atom stereocenters. The van der Waals surface area contributed by atoms with E-state index in [0.717, 1.165) is 36.4 Å². The summed E-state index contributed by atoms with van der Waals surface area (Å²) in [5.74, 6) is -2.67. The van der Waals surface area contributed by atoms with E-state index in [4.69, 9.17) is 4.74 Å².